The molecule has 0 amide bonds. The van der Waals surface area contributed by atoms with E-state index in [-0.39, 0.29) is 6.04 Å². The number of nitrogens with zero attached hydrogens (tertiary/aromatic N) is 5. The molecule has 118 valence electrons. The predicted molar refractivity (Wildman–Crippen MR) is 89.1 cm³/mol. The lowest BCUT2D eigenvalue weighted by atomic mass is 10.1. The van der Waals surface area contributed by atoms with E-state index < -0.39 is 0 Å². The van der Waals surface area contributed by atoms with Gasteiger partial charge in [-0.15, -0.1) is 5.10 Å². The van der Waals surface area contributed by atoms with Gasteiger partial charge in [0.15, 0.2) is 11.6 Å². The van der Waals surface area contributed by atoms with Gasteiger partial charge in [0.05, 0.1) is 17.4 Å². The number of H-pyrrole nitrogens is 1. The van der Waals surface area contributed by atoms with Crippen molar-refractivity contribution in [3.63, 3.8) is 0 Å². The largest absolute Gasteiger partial charge is 0.354 e. The Morgan fingerprint density at radius 2 is 2.26 bits per heavy atom. The van der Waals surface area contributed by atoms with Crippen molar-refractivity contribution in [3.8, 4) is 11.4 Å². The molecule has 1 aliphatic rings. The first-order chi connectivity index (χ1) is 11.2. The number of benzene rings is 1. The van der Waals surface area contributed by atoms with Crippen LogP contribution in [0.1, 0.15) is 18.5 Å². The highest BCUT2D eigenvalue weighted by molar-refractivity contribution is 5.85. The molecule has 4 rings (SSSR count). The second-order valence-electron chi connectivity index (χ2n) is 6.06. The SMILES string of the molecule is Cc1n[nH]c2ccc(-c3nncc(N4CCCC(N)C4)n3)cc12. The van der Waals surface area contributed by atoms with Crippen molar-refractivity contribution in [1.29, 1.82) is 0 Å². The Hall–Kier alpha value is -2.54. The van der Waals surface area contributed by atoms with Crippen molar-refractivity contribution in [2.75, 3.05) is 18.0 Å². The maximum atomic E-state index is 6.06. The summed E-state index contributed by atoms with van der Waals surface area (Å²) >= 11 is 0. The van der Waals surface area contributed by atoms with Crippen LogP contribution in [0, 0.1) is 6.92 Å². The maximum absolute atomic E-state index is 6.06. The third-order valence-electron chi connectivity index (χ3n) is 4.34. The number of anilines is 1. The van der Waals surface area contributed by atoms with Gasteiger partial charge in [-0.25, -0.2) is 4.98 Å². The van der Waals surface area contributed by atoms with Crippen molar-refractivity contribution >= 4 is 16.7 Å². The summed E-state index contributed by atoms with van der Waals surface area (Å²) in [6.45, 7) is 3.76. The summed E-state index contributed by atoms with van der Waals surface area (Å²) in [5, 5.41) is 16.6. The van der Waals surface area contributed by atoms with E-state index in [1.165, 1.54) is 0 Å². The number of rotatable bonds is 2. The zero-order valence-electron chi connectivity index (χ0n) is 13.0. The average molecular weight is 309 g/mol. The fourth-order valence-corrected chi connectivity index (χ4v) is 3.07. The maximum Gasteiger partial charge on any atom is 0.183 e. The molecule has 1 saturated heterocycles. The minimum Gasteiger partial charge on any atom is -0.354 e. The van der Waals surface area contributed by atoms with Crippen LogP contribution in [-0.4, -0.2) is 44.5 Å². The smallest absolute Gasteiger partial charge is 0.183 e. The van der Waals surface area contributed by atoms with Gasteiger partial charge >= 0.3 is 0 Å². The Morgan fingerprint density at radius 3 is 3.13 bits per heavy atom. The van der Waals surface area contributed by atoms with Gasteiger partial charge in [0.2, 0.25) is 0 Å². The van der Waals surface area contributed by atoms with E-state index in [9.17, 15) is 0 Å². The number of hydrogen-bond donors (Lipinski definition) is 2. The molecule has 1 aromatic carbocycles. The van der Waals surface area contributed by atoms with E-state index in [4.69, 9.17) is 5.73 Å². The van der Waals surface area contributed by atoms with Gasteiger partial charge in [-0.05, 0) is 38.0 Å². The molecule has 7 nitrogen and oxygen atoms in total. The van der Waals surface area contributed by atoms with Crippen LogP contribution in [0.15, 0.2) is 24.4 Å². The fourth-order valence-electron chi connectivity index (χ4n) is 3.07. The van der Waals surface area contributed by atoms with Crippen molar-refractivity contribution in [1.82, 2.24) is 25.4 Å². The van der Waals surface area contributed by atoms with E-state index in [0.29, 0.717) is 5.82 Å². The molecule has 3 aromatic rings. The molecule has 7 heteroatoms. The van der Waals surface area contributed by atoms with Crippen LogP contribution in [0.25, 0.3) is 22.3 Å². The van der Waals surface area contributed by atoms with Crippen molar-refractivity contribution in [3.05, 3.63) is 30.1 Å². The van der Waals surface area contributed by atoms with Gasteiger partial charge in [-0.3, -0.25) is 5.10 Å². The lowest BCUT2D eigenvalue weighted by Gasteiger charge is -2.31. The Morgan fingerprint density at radius 1 is 1.35 bits per heavy atom. The lowest BCUT2D eigenvalue weighted by Crippen LogP contribution is -2.43. The van der Waals surface area contributed by atoms with Crippen LogP contribution < -0.4 is 10.6 Å². The van der Waals surface area contributed by atoms with Crippen LogP contribution in [-0.2, 0) is 0 Å². The Kier molecular flexibility index (Phi) is 3.42. The Balaban J connectivity index is 1.70. The third kappa shape index (κ3) is 2.63. The van der Waals surface area contributed by atoms with E-state index in [1.807, 2.05) is 19.1 Å². The molecule has 0 bridgehead atoms. The van der Waals surface area contributed by atoms with Gasteiger partial charge in [-0.1, -0.05) is 0 Å². The number of fused-ring (bicyclic) bond motifs is 1. The summed E-state index contributed by atoms with van der Waals surface area (Å²) < 4.78 is 0. The normalized spacial score (nSPS) is 18.5. The summed E-state index contributed by atoms with van der Waals surface area (Å²) in [5.74, 6) is 1.47. The zero-order chi connectivity index (χ0) is 15.8. The van der Waals surface area contributed by atoms with Gasteiger partial charge in [0, 0.05) is 30.1 Å². The highest BCUT2D eigenvalue weighted by Crippen LogP contribution is 2.24. The van der Waals surface area contributed by atoms with Crippen LogP contribution in [0.3, 0.4) is 0 Å². The first-order valence-corrected chi connectivity index (χ1v) is 7.86. The monoisotopic (exact) mass is 309 g/mol. The molecule has 0 radical (unpaired) electrons. The van der Waals surface area contributed by atoms with E-state index in [1.54, 1.807) is 6.20 Å². The van der Waals surface area contributed by atoms with Crippen LogP contribution >= 0.6 is 0 Å². The number of aryl methyl sites for hydroxylation is 1. The Labute approximate surface area is 133 Å². The fraction of sp³-hybridized carbons (Fsp3) is 0.375. The third-order valence-corrected chi connectivity index (χ3v) is 4.34. The van der Waals surface area contributed by atoms with Crippen LogP contribution in [0.5, 0.6) is 0 Å². The molecule has 3 N–H and O–H groups in total. The molecule has 1 fully saturated rings. The van der Waals surface area contributed by atoms with Gasteiger partial charge in [0.1, 0.15) is 0 Å². The Bertz CT molecular complexity index is 841. The van der Waals surface area contributed by atoms with Crippen molar-refractivity contribution in [2.45, 2.75) is 25.8 Å². The second-order valence-corrected chi connectivity index (χ2v) is 6.06. The second kappa shape index (κ2) is 5.58. The van der Waals surface area contributed by atoms with E-state index >= 15 is 0 Å². The minimum atomic E-state index is 0.201. The average Bonchev–Trinajstić information content (AvgIpc) is 2.96. The molecular formula is C16H19N7. The predicted octanol–water partition coefficient (Wildman–Crippen LogP) is 1.65. The summed E-state index contributed by atoms with van der Waals surface area (Å²) in [6, 6.07) is 6.24. The number of aromatic nitrogens is 5. The quantitative estimate of drug-likeness (QED) is 0.747. The molecular weight excluding hydrogens is 290 g/mol. The first-order valence-electron chi connectivity index (χ1n) is 7.86. The first kappa shape index (κ1) is 14.1. The number of aromatic amines is 1. The molecule has 1 atom stereocenters. The van der Waals surface area contributed by atoms with E-state index in [2.05, 4.69) is 36.3 Å². The standard InChI is InChI=1S/C16H19N7/c1-10-13-7-11(4-5-14(13)21-20-10)16-19-15(8-18-22-16)23-6-2-3-12(17)9-23/h4-5,7-8,12H,2-3,6,9,17H2,1H3,(H,20,21). The minimum absolute atomic E-state index is 0.201. The topological polar surface area (TPSA) is 96.6 Å². The van der Waals surface area contributed by atoms with Gasteiger partial charge < -0.3 is 10.6 Å². The van der Waals surface area contributed by atoms with Crippen molar-refractivity contribution in [2.24, 2.45) is 5.73 Å². The summed E-state index contributed by atoms with van der Waals surface area (Å²) in [5.41, 5.74) is 8.98. The highest BCUT2D eigenvalue weighted by Gasteiger charge is 2.19. The molecule has 23 heavy (non-hydrogen) atoms. The molecule has 0 saturated carbocycles. The highest BCUT2D eigenvalue weighted by atomic mass is 15.3. The molecule has 2 aromatic heterocycles. The number of piperidine rings is 1. The molecule has 0 aliphatic carbocycles. The molecule has 1 unspecified atom stereocenters. The summed E-state index contributed by atoms with van der Waals surface area (Å²) in [7, 11) is 0. The molecule has 1 aliphatic heterocycles. The number of nitrogens with one attached hydrogen (secondary N) is 1. The molecule has 3 heterocycles. The van der Waals surface area contributed by atoms with Gasteiger partial charge in [-0.2, -0.15) is 10.2 Å². The van der Waals surface area contributed by atoms with E-state index in [0.717, 1.165) is 53.9 Å². The number of nitrogens with two attached hydrogens (primary N) is 1. The summed E-state index contributed by atoms with van der Waals surface area (Å²) in [4.78, 5) is 6.88. The lowest BCUT2D eigenvalue weighted by molar-refractivity contribution is 0.502. The van der Waals surface area contributed by atoms with Crippen LogP contribution in [0.2, 0.25) is 0 Å². The zero-order valence-corrected chi connectivity index (χ0v) is 13.0. The van der Waals surface area contributed by atoms with Gasteiger partial charge in [0.25, 0.3) is 0 Å². The molecule has 0 spiro atoms. The van der Waals surface area contributed by atoms with Crippen molar-refractivity contribution < 1.29 is 0 Å². The number of hydrogen-bond acceptors (Lipinski definition) is 6. The summed E-state index contributed by atoms with van der Waals surface area (Å²) in [6.07, 6.45) is 3.86. The van der Waals surface area contributed by atoms with Crippen LogP contribution in [0.4, 0.5) is 5.82 Å².